The smallest absolute Gasteiger partial charge is 0.402 e. The van der Waals surface area contributed by atoms with Crippen molar-refractivity contribution in [2.45, 2.75) is 44.8 Å². The third-order valence-corrected chi connectivity index (χ3v) is 4.74. The summed E-state index contributed by atoms with van der Waals surface area (Å²) in [6.45, 7) is 7.94. The summed E-state index contributed by atoms with van der Waals surface area (Å²) in [6, 6.07) is 5.38. The molecule has 1 saturated heterocycles. The molecule has 0 aliphatic carbocycles. The van der Waals surface area contributed by atoms with E-state index in [1.807, 2.05) is 39.8 Å². The standard InChI is InChI=1S/C13H18BCl2NO2/c1-12(2)13(3,4)19-14(18-12)11(17)8-6-5-7-9(15)10(8)16/h5-7,11H,17H2,1-4H3/t11-/m1/s1. The maximum Gasteiger partial charge on any atom is 0.480 e. The Labute approximate surface area is 124 Å². The molecule has 2 N–H and O–H groups in total. The zero-order valence-electron chi connectivity index (χ0n) is 11.5. The number of hydrogen-bond donors (Lipinski definition) is 1. The van der Waals surface area contributed by atoms with Crippen molar-refractivity contribution >= 4 is 30.3 Å². The molecular weight excluding hydrogens is 284 g/mol. The lowest BCUT2D eigenvalue weighted by Crippen LogP contribution is -2.41. The van der Waals surface area contributed by atoms with Crippen molar-refractivity contribution in [3.05, 3.63) is 33.8 Å². The fraction of sp³-hybridized carbons (Fsp3) is 0.538. The van der Waals surface area contributed by atoms with Gasteiger partial charge < -0.3 is 15.0 Å². The Bertz CT molecular complexity index is 478. The fourth-order valence-corrected chi connectivity index (χ4v) is 2.39. The van der Waals surface area contributed by atoms with Crippen LogP contribution < -0.4 is 5.73 Å². The Hall–Kier alpha value is -0.255. The van der Waals surface area contributed by atoms with Gasteiger partial charge in [-0.2, -0.15) is 0 Å². The van der Waals surface area contributed by atoms with Crippen LogP contribution in [0.15, 0.2) is 18.2 Å². The Balaban J connectivity index is 2.27. The van der Waals surface area contributed by atoms with E-state index in [0.717, 1.165) is 5.56 Å². The summed E-state index contributed by atoms with van der Waals surface area (Å²) in [6.07, 6.45) is 0. The summed E-state index contributed by atoms with van der Waals surface area (Å²) in [4.78, 5) is 0. The van der Waals surface area contributed by atoms with Gasteiger partial charge in [-0.25, -0.2) is 0 Å². The highest BCUT2D eigenvalue weighted by atomic mass is 35.5. The van der Waals surface area contributed by atoms with Crippen molar-refractivity contribution in [3.63, 3.8) is 0 Å². The van der Waals surface area contributed by atoms with E-state index in [1.54, 1.807) is 6.07 Å². The van der Waals surface area contributed by atoms with E-state index in [-0.39, 0.29) is 0 Å². The van der Waals surface area contributed by atoms with Gasteiger partial charge in [0.2, 0.25) is 0 Å². The van der Waals surface area contributed by atoms with Gasteiger partial charge >= 0.3 is 7.12 Å². The van der Waals surface area contributed by atoms with E-state index < -0.39 is 24.3 Å². The first-order valence-corrected chi connectivity index (χ1v) is 6.96. The monoisotopic (exact) mass is 301 g/mol. The number of halogens is 2. The van der Waals surface area contributed by atoms with Crippen LogP contribution >= 0.6 is 23.2 Å². The van der Waals surface area contributed by atoms with Crippen molar-refractivity contribution in [2.24, 2.45) is 5.73 Å². The fourth-order valence-electron chi connectivity index (χ4n) is 1.96. The van der Waals surface area contributed by atoms with E-state index in [1.165, 1.54) is 0 Å². The molecule has 0 bridgehead atoms. The molecule has 19 heavy (non-hydrogen) atoms. The van der Waals surface area contributed by atoms with Crippen LogP contribution in [0.3, 0.4) is 0 Å². The molecular formula is C13H18BCl2NO2. The molecule has 0 unspecified atom stereocenters. The molecule has 1 heterocycles. The van der Waals surface area contributed by atoms with Crippen LogP contribution in [0.4, 0.5) is 0 Å². The summed E-state index contributed by atoms with van der Waals surface area (Å²) in [5.74, 6) is -0.479. The Morgan fingerprint density at radius 3 is 2.16 bits per heavy atom. The summed E-state index contributed by atoms with van der Waals surface area (Å²) in [5.41, 5.74) is 6.12. The van der Waals surface area contributed by atoms with Crippen LogP contribution in [0, 0.1) is 0 Å². The SMILES string of the molecule is CC1(C)OB([C@H](N)c2cccc(Cl)c2Cl)OC1(C)C. The molecule has 0 spiro atoms. The third-order valence-electron chi connectivity index (χ3n) is 3.91. The highest BCUT2D eigenvalue weighted by molar-refractivity contribution is 6.49. The van der Waals surface area contributed by atoms with Gasteiger partial charge in [0.25, 0.3) is 0 Å². The Kier molecular flexibility index (Phi) is 3.93. The van der Waals surface area contributed by atoms with Crippen molar-refractivity contribution in [1.29, 1.82) is 0 Å². The molecule has 1 aromatic rings. The van der Waals surface area contributed by atoms with Crippen LogP contribution in [0.25, 0.3) is 0 Å². The quantitative estimate of drug-likeness (QED) is 0.849. The number of rotatable bonds is 2. The van der Waals surface area contributed by atoms with Gasteiger partial charge in [0.15, 0.2) is 0 Å². The lowest BCUT2D eigenvalue weighted by molar-refractivity contribution is 0.00578. The van der Waals surface area contributed by atoms with Gasteiger partial charge in [-0.15, -0.1) is 0 Å². The van der Waals surface area contributed by atoms with Gasteiger partial charge in [-0.3, -0.25) is 0 Å². The van der Waals surface area contributed by atoms with Gasteiger partial charge in [0.05, 0.1) is 27.2 Å². The second kappa shape index (κ2) is 4.94. The second-order valence-corrected chi connectivity index (χ2v) is 6.58. The first-order valence-electron chi connectivity index (χ1n) is 6.21. The van der Waals surface area contributed by atoms with Crippen LogP contribution in [-0.2, 0) is 9.31 Å². The van der Waals surface area contributed by atoms with Gasteiger partial charge in [-0.1, -0.05) is 35.3 Å². The minimum absolute atomic E-state index is 0.416. The molecule has 1 aliphatic rings. The van der Waals surface area contributed by atoms with E-state index in [9.17, 15) is 0 Å². The summed E-state index contributed by atoms with van der Waals surface area (Å²) in [5, 5.41) is 0.928. The van der Waals surface area contributed by atoms with E-state index >= 15 is 0 Å². The van der Waals surface area contributed by atoms with E-state index in [0.29, 0.717) is 10.0 Å². The van der Waals surface area contributed by atoms with Gasteiger partial charge in [0.1, 0.15) is 0 Å². The lowest BCUT2D eigenvalue weighted by Gasteiger charge is -2.32. The predicted molar refractivity (Wildman–Crippen MR) is 79.5 cm³/mol. The molecule has 1 aromatic carbocycles. The average Bonchev–Trinajstić information content (AvgIpc) is 2.51. The normalized spacial score (nSPS) is 22.6. The van der Waals surface area contributed by atoms with Crippen LogP contribution in [0.5, 0.6) is 0 Å². The van der Waals surface area contributed by atoms with Crippen molar-refractivity contribution in [1.82, 2.24) is 0 Å². The molecule has 0 amide bonds. The number of benzene rings is 1. The van der Waals surface area contributed by atoms with E-state index in [2.05, 4.69) is 0 Å². The summed E-state index contributed by atoms with van der Waals surface area (Å²) >= 11 is 12.2. The zero-order valence-corrected chi connectivity index (χ0v) is 13.0. The maximum atomic E-state index is 6.22. The first kappa shape index (κ1) is 15.1. The minimum atomic E-state index is -0.541. The molecule has 0 radical (unpaired) electrons. The average molecular weight is 302 g/mol. The predicted octanol–water partition coefficient (Wildman–Crippen LogP) is 3.62. The van der Waals surface area contributed by atoms with Crippen LogP contribution in [0.2, 0.25) is 10.0 Å². The molecule has 1 fully saturated rings. The third kappa shape index (κ3) is 2.65. The first-order chi connectivity index (χ1) is 8.66. The highest BCUT2D eigenvalue weighted by Crippen LogP contribution is 2.41. The molecule has 1 atom stereocenters. The zero-order chi connectivity index (χ0) is 14.4. The largest absolute Gasteiger partial charge is 0.480 e. The molecule has 2 rings (SSSR count). The second-order valence-electron chi connectivity index (χ2n) is 5.79. The Morgan fingerprint density at radius 2 is 1.63 bits per heavy atom. The highest BCUT2D eigenvalue weighted by Gasteiger charge is 2.53. The topological polar surface area (TPSA) is 44.5 Å². The molecule has 6 heteroatoms. The van der Waals surface area contributed by atoms with Crippen molar-refractivity contribution in [2.75, 3.05) is 0 Å². The summed E-state index contributed by atoms with van der Waals surface area (Å²) < 4.78 is 11.9. The maximum absolute atomic E-state index is 6.22. The van der Waals surface area contributed by atoms with Crippen LogP contribution in [0.1, 0.15) is 39.2 Å². The lowest BCUT2D eigenvalue weighted by atomic mass is 9.75. The van der Waals surface area contributed by atoms with Crippen LogP contribution in [-0.4, -0.2) is 18.3 Å². The molecule has 3 nitrogen and oxygen atoms in total. The van der Waals surface area contributed by atoms with Crippen molar-refractivity contribution < 1.29 is 9.31 Å². The molecule has 0 saturated carbocycles. The number of hydrogen-bond acceptors (Lipinski definition) is 3. The molecule has 0 aromatic heterocycles. The number of nitrogens with two attached hydrogens (primary N) is 1. The minimum Gasteiger partial charge on any atom is -0.402 e. The van der Waals surface area contributed by atoms with Crippen molar-refractivity contribution in [3.8, 4) is 0 Å². The Morgan fingerprint density at radius 1 is 1.11 bits per heavy atom. The molecule has 104 valence electrons. The summed E-state index contributed by atoms with van der Waals surface area (Å²) in [7, 11) is -0.541. The van der Waals surface area contributed by atoms with E-state index in [4.69, 9.17) is 38.2 Å². The molecule has 1 aliphatic heterocycles. The van der Waals surface area contributed by atoms with Gasteiger partial charge in [-0.05, 0) is 39.3 Å². The van der Waals surface area contributed by atoms with Gasteiger partial charge in [0, 0.05) is 0 Å².